The molecule has 1 aromatic rings. The van der Waals surface area contributed by atoms with Gasteiger partial charge >= 0.3 is 0 Å². The van der Waals surface area contributed by atoms with Gasteiger partial charge in [-0.3, -0.25) is 0 Å². The Bertz CT molecular complexity index is 341. The monoisotopic (exact) mass is 246 g/mol. The molecular weight excluding hydrogens is 239 g/mol. The lowest BCUT2D eigenvalue weighted by Gasteiger charge is -2.02. The standard InChI is InChI=1S/C8H8BrFN2O/c9-7-2-1-6(10)3-5(7)4-8(11)12-13/h1-3,13H,4H2,(H2,11,12). The van der Waals surface area contributed by atoms with Gasteiger partial charge in [0.2, 0.25) is 0 Å². The molecule has 0 radical (unpaired) electrons. The third-order valence-corrected chi connectivity index (χ3v) is 2.28. The highest BCUT2D eigenvalue weighted by atomic mass is 79.9. The van der Waals surface area contributed by atoms with Crippen LogP contribution in [-0.4, -0.2) is 11.0 Å². The van der Waals surface area contributed by atoms with Crippen molar-refractivity contribution in [1.82, 2.24) is 0 Å². The van der Waals surface area contributed by atoms with Crippen molar-refractivity contribution in [3.8, 4) is 0 Å². The normalized spacial score (nSPS) is 11.7. The van der Waals surface area contributed by atoms with E-state index in [4.69, 9.17) is 10.9 Å². The van der Waals surface area contributed by atoms with Gasteiger partial charge in [-0.2, -0.15) is 0 Å². The summed E-state index contributed by atoms with van der Waals surface area (Å²) in [6, 6.07) is 4.25. The number of halogens is 2. The van der Waals surface area contributed by atoms with Crippen LogP contribution >= 0.6 is 15.9 Å². The third kappa shape index (κ3) is 2.69. The highest BCUT2D eigenvalue weighted by molar-refractivity contribution is 9.10. The Balaban J connectivity index is 2.94. The maximum Gasteiger partial charge on any atom is 0.143 e. The van der Waals surface area contributed by atoms with Crippen LogP contribution in [0.5, 0.6) is 0 Å². The van der Waals surface area contributed by atoms with Crippen molar-refractivity contribution < 1.29 is 9.60 Å². The summed E-state index contributed by atoms with van der Waals surface area (Å²) in [4.78, 5) is 0. The van der Waals surface area contributed by atoms with Crippen molar-refractivity contribution in [2.45, 2.75) is 6.42 Å². The van der Waals surface area contributed by atoms with Crippen LogP contribution in [0, 0.1) is 5.82 Å². The quantitative estimate of drug-likeness (QED) is 0.363. The summed E-state index contributed by atoms with van der Waals surface area (Å²) < 4.78 is 13.5. The van der Waals surface area contributed by atoms with Gasteiger partial charge in [0.25, 0.3) is 0 Å². The van der Waals surface area contributed by atoms with Gasteiger partial charge in [-0.15, -0.1) is 0 Å². The topological polar surface area (TPSA) is 58.6 Å². The fourth-order valence-corrected chi connectivity index (χ4v) is 1.30. The first-order valence-electron chi connectivity index (χ1n) is 3.54. The highest BCUT2D eigenvalue weighted by Gasteiger charge is 2.03. The summed E-state index contributed by atoms with van der Waals surface area (Å²) in [5.74, 6) is -0.296. The lowest BCUT2D eigenvalue weighted by molar-refractivity contribution is 0.317. The Morgan fingerprint density at radius 2 is 2.31 bits per heavy atom. The van der Waals surface area contributed by atoms with Gasteiger partial charge in [-0.1, -0.05) is 21.1 Å². The molecule has 0 aliphatic heterocycles. The molecule has 1 rings (SSSR count). The Labute approximate surface area is 83.2 Å². The molecule has 3 N–H and O–H groups in total. The minimum Gasteiger partial charge on any atom is -0.409 e. The predicted molar refractivity (Wildman–Crippen MR) is 51.2 cm³/mol. The first-order chi connectivity index (χ1) is 6.13. The highest BCUT2D eigenvalue weighted by Crippen LogP contribution is 2.18. The van der Waals surface area contributed by atoms with Gasteiger partial charge < -0.3 is 10.9 Å². The van der Waals surface area contributed by atoms with E-state index in [0.29, 0.717) is 5.56 Å². The van der Waals surface area contributed by atoms with E-state index in [0.717, 1.165) is 4.47 Å². The van der Waals surface area contributed by atoms with Crippen LogP contribution in [0.1, 0.15) is 5.56 Å². The van der Waals surface area contributed by atoms with Crippen LogP contribution in [0.15, 0.2) is 27.8 Å². The molecule has 0 saturated heterocycles. The minimum absolute atomic E-state index is 0.0475. The van der Waals surface area contributed by atoms with Gasteiger partial charge in [0.15, 0.2) is 0 Å². The van der Waals surface area contributed by atoms with E-state index < -0.39 is 0 Å². The largest absolute Gasteiger partial charge is 0.409 e. The van der Waals surface area contributed by atoms with E-state index in [-0.39, 0.29) is 18.1 Å². The zero-order valence-electron chi connectivity index (χ0n) is 6.67. The average Bonchev–Trinajstić information content (AvgIpc) is 2.11. The Kier molecular flexibility index (Phi) is 3.25. The number of hydrogen-bond donors (Lipinski definition) is 2. The summed E-state index contributed by atoms with van der Waals surface area (Å²) in [5, 5.41) is 11.1. The van der Waals surface area contributed by atoms with E-state index in [2.05, 4.69) is 21.1 Å². The zero-order chi connectivity index (χ0) is 9.84. The van der Waals surface area contributed by atoms with Crippen molar-refractivity contribution in [2.24, 2.45) is 10.9 Å². The molecule has 13 heavy (non-hydrogen) atoms. The van der Waals surface area contributed by atoms with E-state index in [1.54, 1.807) is 6.07 Å². The van der Waals surface area contributed by atoms with Crippen LogP contribution in [0.3, 0.4) is 0 Å². The lowest BCUT2D eigenvalue weighted by Crippen LogP contribution is -2.15. The first-order valence-corrected chi connectivity index (χ1v) is 4.33. The maximum atomic E-state index is 12.7. The van der Waals surface area contributed by atoms with Crippen molar-refractivity contribution in [1.29, 1.82) is 0 Å². The molecule has 0 aliphatic rings. The number of rotatable bonds is 2. The van der Waals surface area contributed by atoms with Crippen LogP contribution in [0.2, 0.25) is 0 Å². The molecule has 0 unspecified atom stereocenters. The molecule has 0 saturated carbocycles. The molecular formula is C8H8BrFN2O. The summed E-state index contributed by atoms with van der Waals surface area (Å²) >= 11 is 3.23. The third-order valence-electron chi connectivity index (χ3n) is 1.51. The SMILES string of the molecule is N/C(Cc1cc(F)ccc1Br)=N\O. The van der Waals surface area contributed by atoms with Crippen molar-refractivity contribution in [3.63, 3.8) is 0 Å². The van der Waals surface area contributed by atoms with Gasteiger partial charge in [-0.25, -0.2) is 4.39 Å². The number of nitrogens with zero attached hydrogens (tertiary/aromatic N) is 1. The molecule has 5 heteroatoms. The van der Waals surface area contributed by atoms with Crippen molar-refractivity contribution in [3.05, 3.63) is 34.1 Å². The van der Waals surface area contributed by atoms with Crippen molar-refractivity contribution in [2.75, 3.05) is 0 Å². The molecule has 0 fully saturated rings. The average molecular weight is 247 g/mol. The lowest BCUT2D eigenvalue weighted by atomic mass is 10.1. The number of oxime groups is 1. The van der Waals surface area contributed by atoms with Crippen LogP contribution in [0.4, 0.5) is 4.39 Å². The van der Waals surface area contributed by atoms with E-state index >= 15 is 0 Å². The predicted octanol–water partition coefficient (Wildman–Crippen LogP) is 1.88. The summed E-state index contributed by atoms with van der Waals surface area (Å²) in [6.45, 7) is 0. The summed E-state index contributed by atoms with van der Waals surface area (Å²) in [5.41, 5.74) is 5.93. The molecule has 70 valence electrons. The van der Waals surface area contributed by atoms with Crippen LogP contribution in [0.25, 0.3) is 0 Å². The zero-order valence-corrected chi connectivity index (χ0v) is 8.25. The van der Waals surface area contributed by atoms with Crippen LogP contribution in [-0.2, 0) is 6.42 Å². The molecule has 0 aliphatic carbocycles. The number of hydrogen-bond acceptors (Lipinski definition) is 2. The minimum atomic E-state index is -0.344. The van der Waals surface area contributed by atoms with E-state index in [1.165, 1.54) is 12.1 Å². The Morgan fingerprint density at radius 3 is 2.92 bits per heavy atom. The number of nitrogens with two attached hydrogens (primary N) is 1. The molecule has 3 nitrogen and oxygen atoms in total. The summed E-state index contributed by atoms with van der Waals surface area (Å²) in [7, 11) is 0. The molecule has 0 bridgehead atoms. The molecule has 1 aromatic carbocycles. The molecule has 0 amide bonds. The van der Waals surface area contributed by atoms with E-state index in [9.17, 15) is 4.39 Å². The molecule has 0 aromatic heterocycles. The Morgan fingerprint density at radius 1 is 1.62 bits per heavy atom. The fraction of sp³-hybridized carbons (Fsp3) is 0.125. The first kappa shape index (κ1) is 9.98. The van der Waals surface area contributed by atoms with Crippen LogP contribution < -0.4 is 5.73 Å². The number of amidine groups is 1. The van der Waals surface area contributed by atoms with Gasteiger partial charge in [-0.05, 0) is 23.8 Å². The maximum absolute atomic E-state index is 12.7. The second-order valence-electron chi connectivity index (χ2n) is 2.50. The smallest absolute Gasteiger partial charge is 0.143 e. The van der Waals surface area contributed by atoms with E-state index in [1.807, 2.05) is 0 Å². The van der Waals surface area contributed by atoms with Gasteiger partial charge in [0.05, 0.1) is 0 Å². The molecule has 0 spiro atoms. The molecule has 0 atom stereocenters. The fourth-order valence-electron chi connectivity index (χ4n) is 0.909. The second kappa shape index (κ2) is 4.23. The number of benzene rings is 1. The Hall–Kier alpha value is -1.10. The van der Waals surface area contributed by atoms with Crippen molar-refractivity contribution >= 4 is 21.8 Å². The second-order valence-corrected chi connectivity index (χ2v) is 3.36. The summed E-state index contributed by atoms with van der Waals surface area (Å²) in [6.07, 6.45) is 0.217. The molecule has 0 heterocycles. The van der Waals surface area contributed by atoms with Gasteiger partial charge in [0.1, 0.15) is 11.7 Å². The van der Waals surface area contributed by atoms with Gasteiger partial charge in [0, 0.05) is 10.9 Å².